The topological polar surface area (TPSA) is 96.4 Å². The Morgan fingerprint density at radius 1 is 1.19 bits per heavy atom. The molecule has 0 atom stereocenters. The van der Waals surface area contributed by atoms with E-state index in [2.05, 4.69) is 5.10 Å². The van der Waals surface area contributed by atoms with E-state index in [1.54, 1.807) is 11.8 Å². The average Bonchev–Trinajstić information content (AvgIpc) is 2.80. The zero-order valence-corrected chi connectivity index (χ0v) is 13.8. The molecule has 0 aliphatic heterocycles. The second-order valence-electron chi connectivity index (χ2n) is 4.66. The van der Waals surface area contributed by atoms with Gasteiger partial charge in [-0.2, -0.15) is 5.10 Å². The number of primary sulfonamides is 1. The lowest BCUT2D eigenvalue weighted by molar-refractivity contribution is 0.0956. The van der Waals surface area contributed by atoms with Gasteiger partial charge >= 0.3 is 0 Å². The first kappa shape index (κ1) is 18.1. The van der Waals surface area contributed by atoms with E-state index in [1.165, 1.54) is 0 Å². The van der Waals surface area contributed by atoms with Gasteiger partial charge in [-0.1, -0.05) is 13.8 Å². The van der Waals surface area contributed by atoms with Crippen LogP contribution >= 0.6 is 0 Å². The van der Waals surface area contributed by atoms with Crippen molar-refractivity contribution in [2.45, 2.75) is 44.6 Å². The molecule has 2 N–H and O–H groups in total. The largest absolute Gasteiger partial charge is 0.385 e. The number of nitrogens with zero attached hydrogens (tertiary/aromatic N) is 2. The van der Waals surface area contributed by atoms with Crippen molar-refractivity contribution in [2.24, 2.45) is 5.14 Å². The predicted octanol–water partition coefficient (Wildman–Crippen LogP) is 0.708. The van der Waals surface area contributed by atoms with Crippen LogP contribution in [0.3, 0.4) is 0 Å². The molecule has 0 aromatic carbocycles. The summed E-state index contributed by atoms with van der Waals surface area (Å²) in [5.41, 5.74) is 1.17. The number of rotatable bonds is 10. The Kier molecular flexibility index (Phi) is 7.30. The van der Waals surface area contributed by atoms with E-state index in [-0.39, 0.29) is 4.90 Å². The highest BCUT2D eigenvalue weighted by Crippen LogP contribution is 2.20. The fourth-order valence-corrected chi connectivity index (χ4v) is 3.27. The Balaban J connectivity index is 2.77. The molecule has 21 heavy (non-hydrogen) atoms. The van der Waals surface area contributed by atoms with Gasteiger partial charge in [-0.15, -0.1) is 0 Å². The number of sulfonamides is 1. The van der Waals surface area contributed by atoms with Crippen molar-refractivity contribution in [3.05, 3.63) is 11.4 Å². The van der Waals surface area contributed by atoms with E-state index >= 15 is 0 Å². The van der Waals surface area contributed by atoms with E-state index in [9.17, 15) is 8.42 Å². The van der Waals surface area contributed by atoms with Crippen molar-refractivity contribution in [2.75, 3.05) is 26.9 Å². The molecule has 0 amide bonds. The summed E-state index contributed by atoms with van der Waals surface area (Å²) in [6, 6.07) is 0. The lowest BCUT2D eigenvalue weighted by Crippen LogP contribution is -2.17. The van der Waals surface area contributed by atoms with Gasteiger partial charge in [0.25, 0.3) is 0 Å². The second-order valence-corrected chi connectivity index (χ2v) is 6.15. The van der Waals surface area contributed by atoms with Crippen LogP contribution in [0.4, 0.5) is 0 Å². The van der Waals surface area contributed by atoms with Crippen LogP contribution in [0, 0.1) is 0 Å². The standard InChI is InChI=1S/C13H25N3O4S/c1-4-11-13(21(14,17)18)12(5-2)16(15-11)7-10-20-9-6-8-19-3/h4-10H2,1-3H3,(H2,14,17,18). The minimum atomic E-state index is -3.75. The highest BCUT2D eigenvalue weighted by molar-refractivity contribution is 7.89. The SMILES string of the molecule is CCc1nn(CCOCCCOC)c(CC)c1S(N)(=O)=O. The molecule has 1 aromatic rings. The van der Waals surface area contributed by atoms with Gasteiger partial charge in [0.05, 0.1) is 24.5 Å². The lowest BCUT2D eigenvalue weighted by Gasteiger charge is -2.08. The molecule has 7 nitrogen and oxygen atoms in total. The fraction of sp³-hybridized carbons (Fsp3) is 0.769. The van der Waals surface area contributed by atoms with Gasteiger partial charge < -0.3 is 9.47 Å². The van der Waals surface area contributed by atoms with E-state index in [0.29, 0.717) is 50.6 Å². The Morgan fingerprint density at radius 2 is 1.90 bits per heavy atom. The van der Waals surface area contributed by atoms with Crippen molar-refractivity contribution >= 4 is 10.0 Å². The highest BCUT2D eigenvalue weighted by atomic mass is 32.2. The number of nitrogens with two attached hydrogens (primary N) is 1. The molecule has 0 saturated carbocycles. The van der Waals surface area contributed by atoms with Gasteiger partial charge in [-0.3, -0.25) is 4.68 Å². The van der Waals surface area contributed by atoms with E-state index in [4.69, 9.17) is 14.6 Å². The lowest BCUT2D eigenvalue weighted by atomic mass is 10.2. The number of methoxy groups -OCH3 is 1. The third kappa shape index (κ3) is 5.06. The van der Waals surface area contributed by atoms with Gasteiger partial charge in [-0.25, -0.2) is 13.6 Å². The van der Waals surface area contributed by atoms with Crippen LogP contribution in [0.15, 0.2) is 4.90 Å². The molecule has 0 unspecified atom stereocenters. The van der Waals surface area contributed by atoms with Crippen molar-refractivity contribution in [3.63, 3.8) is 0 Å². The van der Waals surface area contributed by atoms with Crippen LogP contribution in [0.2, 0.25) is 0 Å². The molecule has 1 rings (SSSR count). The third-order valence-corrected chi connectivity index (χ3v) is 4.16. The van der Waals surface area contributed by atoms with Crippen LogP contribution in [-0.2, 0) is 38.9 Å². The summed E-state index contributed by atoms with van der Waals surface area (Å²) < 4.78 is 35.6. The summed E-state index contributed by atoms with van der Waals surface area (Å²) >= 11 is 0. The number of aromatic nitrogens is 2. The minimum absolute atomic E-state index is 0.173. The Labute approximate surface area is 126 Å². The van der Waals surface area contributed by atoms with Gasteiger partial charge in [0.1, 0.15) is 4.90 Å². The first-order chi connectivity index (χ1) is 9.95. The normalized spacial score (nSPS) is 12.0. The zero-order chi connectivity index (χ0) is 15.9. The average molecular weight is 319 g/mol. The molecular weight excluding hydrogens is 294 g/mol. The molecule has 1 aromatic heterocycles. The van der Waals surface area contributed by atoms with Gasteiger partial charge in [0, 0.05) is 20.3 Å². The second kappa shape index (κ2) is 8.47. The fourth-order valence-electron chi connectivity index (χ4n) is 2.18. The van der Waals surface area contributed by atoms with Crippen LogP contribution in [0.5, 0.6) is 0 Å². The number of aryl methyl sites for hydroxylation is 1. The van der Waals surface area contributed by atoms with E-state index < -0.39 is 10.0 Å². The summed E-state index contributed by atoms with van der Waals surface area (Å²) in [5, 5.41) is 9.66. The number of ether oxygens (including phenoxy) is 2. The number of hydrogen-bond donors (Lipinski definition) is 1. The van der Waals surface area contributed by atoms with Gasteiger partial charge in [0.2, 0.25) is 10.0 Å². The van der Waals surface area contributed by atoms with Gasteiger partial charge in [-0.05, 0) is 19.3 Å². The van der Waals surface area contributed by atoms with E-state index in [1.807, 2.05) is 13.8 Å². The Hall–Kier alpha value is -0.960. The summed E-state index contributed by atoms with van der Waals surface area (Å²) in [6.45, 7) is 6.02. The zero-order valence-electron chi connectivity index (χ0n) is 13.0. The number of hydrogen-bond acceptors (Lipinski definition) is 5. The van der Waals surface area contributed by atoms with Crippen LogP contribution < -0.4 is 5.14 Å². The van der Waals surface area contributed by atoms with Crippen LogP contribution in [-0.4, -0.2) is 45.1 Å². The third-order valence-electron chi connectivity index (χ3n) is 3.12. The minimum Gasteiger partial charge on any atom is -0.385 e. The van der Waals surface area contributed by atoms with Gasteiger partial charge in [0.15, 0.2) is 0 Å². The first-order valence-corrected chi connectivity index (χ1v) is 8.68. The molecule has 0 bridgehead atoms. The van der Waals surface area contributed by atoms with Crippen LogP contribution in [0.25, 0.3) is 0 Å². The molecule has 0 aliphatic rings. The molecule has 0 radical (unpaired) electrons. The maximum absolute atomic E-state index is 11.7. The summed E-state index contributed by atoms with van der Waals surface area (Å²) in [6.07, 6.45) is 1.92. The Bertz CT molecular complexity index is 540. The summed E-state index contributed by atoms with van der Waals surface area (Å²) in [4.78, 5) is 0.173. The predicted molar refractivity (Wildman–Crippen MR) is 79.7 cm³/mol. The van der Waals surface area contributed by atoms with Crippen molar-refractivity contribution in [1.29, 1.82) is 0 Å². The van der Waals surface area contributed by atoms with Crippen molar-refractivity contribution in [1.82, 2.24) is 9.78 Å². The van der Waals surface area contributed by atoms with Crippen LogP contribution in [0.1, 0.15) is 31.7 Å². The smallest absolute Gasteiger partial charge is 0.241 e. The quantitative estimate of drug-likeness (QED) is 0.641. The molecule has 0 fully saturated rings. The van der Waals surface area contributed by atoms with Crippen molar-refractivity contribution in [3.8, 4) is 0 Å². The molecular formula is C13H25N3O4S. The van der Waals surface area contributed by atoms with Crippen molar-refractivity contribution < 1.29 is 17.9 Å². The molecule has 122 valence electrons. The highest BCUT2D eigenvalue weighted by Gasteiger charge is 2.23. The molecule has 8 heteroatoms. The molecule has 0 aliphatic carbocycles. The Morgan fingerprint density at radius 3 is 2.43 bits per heavy atom. The molecule has 0 saturated heterocycles. The molecule has 1 heterocycles. The maximum Gasteiger partial charge on any atom is 0.241 e. The monoisotopic (exact) mass is 319 g/mol. The van der Waals surface area contributed by atoms with E-state index in [0.717, 1.165) is 6.42 Å². The summed E-state index contributed by atoms with van der Waals surface area (Å²) in [5.74, 6) is 0. The molecule has 0 spiro atoms. The summed E-state index contributed by atoms with van der Waals surface area (Å²) in [7, 11) is -2.10. The maximum atomic E-state index is 11.7. The first-order valence-electron chi connectivity index (χ1n) is 7.13.